The Kier molecular flexibility index (Phi) is 5.74. The van der Waals surface area contributed by atoms with Crippen molar-refractivity contribution in [2.75, 3.05) is 19.6 Å². The molecule has 2 aliphatic heterocycles. The smallest absolute Gasteiger partial charge is 0.267 e. The fourth-order valence-electron chi connectivity index (χ4n) is 4.90. The van der Waals surface area contributed by atoms with Crippen LogP contribution in [0.15, 0.2) is 54.7 Å². The van der Waals surface area contributed by atoms with Crippen LogP contribution in [-0.2, 0) is 11.2 Å². The molecule has 2 aromatic carbocycles. The fourth-order valence-corrected chi connectivity index (χ4v) is 4.90. The molecule has 170 valence electrons. The Hall–Kier alpha value is -3.42. The molecule has 33 heavy (non-hydrogen) atoms. The number of aromatic amines is 1. The average Bonchev–Trinajstić information content (AvgIpc) is 3.25. The second-order valence-corrected chi connectivity index (χ2v) is 8.90. The number of H-pyrrole nitrogens is 1. The Balaban J connectivity index is 1.21. The number of rotatable bonds is 5. The van der Waals surface area contributed by atoms with Gasteiger partial charge < -0.3 is 14.6 Å². The zero-order chi connectivity index (χ0) is 22.8. The topological polar surface area (TPSA) is 94.7 Å². The summed E-state index contributed by atoms with van der Waals surface area (Å²) >= 11 is 0. The molecule has 7 nitrogen and oxygen atoms in total. The summed E-state index contributed by atoms with van der Waals surface area (Å²) in [6, 6.07) is 13.7. The number of likely N-dealkylation sites (tertiary alicyclic amines) is 1. The molecule has 1 amide bonds. The SMILES string of the molecule is O=C(C=Cc1ccc2c(c1)C(=O)CC1(CCN(CCc3c[nH]c4ccccc34)CC1)O2)NO. The number of amides is 1. The van der Waals surface area contributed by atoms with Crippen molar-refractivity contribution >= 4 is 28.7 Å². The van der Waals surface area contributed by atoms with Crippen molar-refractivity contribution in [2.45, 2.75) is 31.3 Å². The van der Waals surface area contributed by atoms with E-state index < -0.39 is 11.5 Å². The predicted octanol–water partition coefficient (Wildman–Crippen LogP) is 3.73. The van der Waals surface area contributed by atoms with Gasteiger partial charge in [-0.15, -0.1) is 0 Å². The number of hydroxylamine groups is 1. The normalized spacial score (nSPS) is 17.9. The summed E-state index contributed by atoms with van der Waals surface area (Å²) in [7, 11) is 0. The molecule has 3 heterocycles. The third kappa shape index (κ3) is 4.42. The van der Waals surface area contributed by atoms with Crippen LogP contribution in [0.25, 0.3) is 17.0 Å². The molecule has 0 atom stereocenters. The Morgan fingerprint density at radius 2 is 2.03 bits per heavy atom. The van der Waals surface area contributed by atoms with Gasteiger partial charge in [-0.2, -0.15) is 0 Å². The number of ether oxygens (including phenoxy) is 1. The van der Waals surface area contributed by atoms with E-state index in [2.05, 4.69) is 34.3 Å². The molecular formula is C26H27N3O4. The van der Waals surface area contributed by atoms with E-state index in [9.17, 15) is 9.59 Å². The highest BCUT2D eigenvalue weighted by atomic mass is 16.5. The molecule has 1 saturated heterocycles. The van der Waals surface area contributed by atoms with Gasteiger partial charge in [0, 0.05) is 55.7 Å². The molecule has 5 rings (SSSR count). The van der Waals surface area contributed by atoms with E-state index in [4.69, 9.17) is 9.94 Å². The van der Waals surface area contributed by atoms with Crippen LogP contribution in [0.3, 0.4) is 0 Å². The zero-order valence-corrected chi connectivity index (χ0v) is 18.3. The molecule has 1 spiro atoms. The second kappa shape index (κ2) is 8.84. The highest BCUT2D eigenvalue weighted by Crippen LogP contribution is 2.39. The average molecular weight is 446 g/mol. The van der Waals surface area contributed by atoms with Gasteiger partial charge in [0.05, 0.1) is 12.0 Å². The Bertz CT molecular complexity index is 1220. The van der Waals surface area contributed by atoms with Gasteiger partial charge in [0.15, 0.2) is 5.78 Å². The molecule has 0 bridgehead atoms. The van der Waals surface area contributed by atoms with Crippen molar-refractivity contribution < 1.29 is 19.5 Å². The van der Waals surface area contributed by atoms with Gasteiger partial charge in [0.1, 0.15) is 11.4 Å². The Morgan fingerprint density at radius 3 is 2.85 bits per heavy atom. The van der Waals surface area contributed by atoms with Gasteiger partial charge in [0.2, 0.25) is 0 Å². The summed E-state index contributed by atoms with van der Waals surface area (Å²) < 4.78 is 6.39. The predicted molar refractivity (Wildman–Crippen MR) is 125 cm³/mol. The van der Waals surface area contributed by atoms with E-state index in [1.165, 1.54) is 22.5 Å². The molecule has 0 unspecified atom stereocenters. The molecule has 3 aromatic rings. The molecule has 3 N–H and O–H groups in total. The summed E-state index contributed by atoms with van der Waals surface area (Å²) in [6.07, 6.45) is 7.88. The van der Waals surface area contributed by atoms with Crippen molar-refractivity contribution in [3.63, 3.8) is 0 Å². The number of aromatic nitrogens is 1. The number of hydrogen-bond acceptors (Lipinski definition) is 5. The number of Topliss-reactive ketones (excluding diaryl/α,β-unsaturated/α-hetero) is 1. The van der Waals surface area contributed by atoms with Crippen molar-refractivity contribution in [3.05, 3.63) is 71.4 Å². The van der Waals surface area contributed by atoms with Gasteiger partial charge in [-0.05, 0) is 41.8 Å². The number of carbonyl (C=O) groups is 2. The number of hydrogen-bond donors (Lipinski definition) is 3. The Morgan fingerprint density at radius 1 is 1.21 bits per heavy atom. The number of piperidine rings is 1. The number of nitrogens with one attached hydrogen (secondary N) is 2. The van der Waals surface area contributed by atoms with E-state index in [1.54, 1.807) is 23.7 Å². The summed E-state index contributed by atoms with van der Waals surface area (Å²) in [5, 5.41) is 9.89. The number of ketones is 1. The van der Waals surface area contributed by atoms with Crippen LogP contribution in [0.2, 0.25) is 0 Å². The summed E-state index contributed by atoms with van der Waals surface area (Å²) in [4.78, 5) is 29.9. The summed E-state index contributed by atoms with van der Waals surface area (Å²) in [6.45, 7) is 2.80. The number of nitrogens with zero attached hydrogens (tertiary/aromatic N) is 1. The number of carbonyl (C=O) groups excluding carboxylic acids is 2. The van der Waals surface area contributed by atoms with Crippen molar-refractivity contribution in [1.82, 2.24) is 15.4 Å². The van der Waals surface area contributed by atoms with Gasteiger partial charge in [-0.25, -0.2) is 5.48 Å². The lowest BCUT2D eigenvalue weighted by molar-refractivity contribution is -0.124. The Labute approximate surface area is 192 Å². The van der Waals surface area contributed by atoms with Gasteiger partial charge >= 0.3 is 0 Å². The first-order valence-corrected chi connectivity index (χ1v) is 11.3. The number of para-hydroxylation sites is 1. The molecule has 2 aliphatic rings. The standard InChI is InChI=1S/C26H27N3O4/c30-23-16-26(33-24-7-5-18(15-21(23)24)6-8-25(31)28-32)10-13-29(14-11-26)12-9-19-17-27-22-4-2-1-3-20(19)22/h1-8,15,17,27,32H,9-14,16H2,(H,28,31). The molecule has 7 heteroatoms. The van der Waals surface area contributed by atoms with Crippen LogP contribution >= 0.6 is 0 Å². The van der Waals surface area contributed by atoms with Crippen molar-refractivity contribution in [2.24, 2.45) is 0 Å². The fraction of sp³-hybridized carbons (Fsp3) is 0.308. The molecule has 0 aliphatic carbocycles. The van der Waals surface area contributed by atoms with Crippen LogP contribution in [0.4, 0.5) is 0 Å². The minimum Gasteiger partial charge on any atom is -0.486 e. The number of benzene rings is 2. The monoisotopic (exact) mass is 445 g/mol. The van der Waals surface area contributed by atoms with E-state index in [-0.39, 0.29) is 5.78 Å². The van der Waals surface area contributed by atoms with Crippen LogP contribution in [0.1, 0.15) is 40.7 Å². The molecule has 1 fully saturated rings. The van der Waals surface area contributed by atoms with Gasteiger partial charge in [-0.3, -0.25) is 14.8 Å². The van der Waals surface area contributed by atoms with E-state index in [0.29, 0.717) is 23.3 Å². The van der Waals surface area contributed by atoms with E-state index >= 15 is 0 Å². The zero-order valence-electron chi connectivity index (χ0n) is 18.3. The summed E-state index contributed by atoms with van der Waals surface area (Å²) in [5.41, 5.74) is 4.88. The molecule has 1 aromatic heterocycles. The first-order chi connectivity index (χ1) is 16.0. The quantitative estimate of drug-likeness (QED) is 0.316. The first kappa shape index (κ1) is 21.4. The lowest BCUT2D eigenvalue weighted by atomic mass is 9.82. The highest BCUT2D eigenvalue weighted by molar-refractivity contribution is 6.01. The van der Waals surface area contributed by atoms with Crippen molar-refractivity contribution in [3.8, 4) is 5.75 Å². The van der Waals surface area contributed by atoms with E-state index in [0.717, 1.165) is 38.9 Å². The third-order valence-electron chi connectivity index (χ3n) is 6.79. The third-order valence-corrected chi connectivity index (χ3v) is 6.79. The van der Waals surface area contributed by atoms with Crippen molar-refractivity contribution in [1.29, 1.82) is 0 Å². The van der Waals surface area contributed by atoms with Crippen LogP contribution in [-0.4, -0.2) is 52.0 Å². The first-order valence-electron chi connectivity index (χ1n) is 11.3. The maximum atomic E-state index is 13.0. The lowest BCUT2D eigenvalue weighted by Crippen LogP contribution is -2.51. The second-order valence-electron chi connectivity index (χ2n) is 8.90. The number of fused-ring (bicyclic) bond motifs is 2. The molecule has 0 radical (unpaired) electrons. The lowest BCUT2D eigenvalue weighted by Gasteiger charge is -2.44. The van der Waals surface area contributed by atoms with Crippen LogP contribution in [0, 0.1) is 0 Å². The van der Waals surface area contributed by atoms with Gasteiger partial charge in [-0.1, -0.05) is 24.3 Å². The summed E-state index contributed by atoms with van der Waals surface area (Å²) in [5.74, 6) is 0.0679. The maximum absolute atomic E-state index is 13.0. The molecule has 0 saturated carbocycles. The van der Waals surface area contributed by atoms with Crippen LogP contribution < -0.4 is 10.2 Å². The van der Waals surface area contributed by atoms with E-state index in [1.807, 2.05) is 12.1 Å². The van der Waals surface area contributed by atoms with Crippen LogP contribution in [0.5, 0.6) is 5.75 Å². The minimum absolute atomic E-state index is 0.0744. The van der Waals surface area contributed by atoms with Gasteiger partial charge in [0.25, 0.3) is 5.91 Å². The highest BCUT2D eigenvalue weighted by Gasteiger charge is 2.42. The maximum Gasteiger partial charge on any atom is 0.267 e. The largest absolute Gasteiger partial charge is 0.486 e. The molecular weight excluding hydrogens is 418 g/mol. The minimum atomic E-state index is -0.620.